The quantitative estimate of drug-likeness (QED) is 0.685. The largest absolute Gasteiger partial charge is 0.374 e. The summed E-state index contributed by atoms with van der Waals surface area (Å²) in [6.07, 6.45) is 4.10. The van der Waals surface area contributed by atoms with Crippen molar-refractivity contribution in [3.63, 3.8) is 0 Å². The van der Waals surface area contributed by atoms with Crippen molar-refractivity contribution >= 4 is 0 Å². The van der Waals surface area contributed by atoms with E-state index in [1.165, 1.54) is 19.3 Å². The van der Waals surface area contributed by atoms with Gasteiger partial charge in [0, 0.05) is 12.6 Å². The third kappa shape index (κ3) is 3.28. The van der Waals surface area contributed by atoms with Gasteiger partial charge in [-0.05, 0) is 40.2 Å². The van der Waals surface area contributed by atoms with Crippen LogP contribution in [0.1, 0.15) is 40.0 Å². The van der Waals surface area contributed by atoms with Crippen LogP contribution in [0.3, 0.4) is 0 Å². The maximum atomic E-state index is 5.75. The molecule has 0 bridgehead atoms. The highest BCUT2D eigenvalue weighted by molar-refractivity contribution is 4.89. The SMILES string of the molecule is CCOC(C)(C)C(CC1CC1)NC. The lowest BCUT2D eigenvalue weighted by Gasteiger charge is -2.34. The van der Waals surface area contributed by atoms with Crippen LogP contribution in [0.15, 0.2) is 0 Å². The normalized spacial score (nSPS) is 20.3. The molecule has 0 aromatic heterocycles. The average molecular weight is 185 g/mol. The summed E-state index contributed by atoms with van der Waals surface area (Å²) in [6, 6.07) is 0.500. The van der Waals surface area contributed by atoms with Crippen molar-refractivity contribution in [1.82, 2.24) is 5.32 Å². The second-order valence-electron chi connectivity index (χ2n) is 4.56. The molecular weight excluding hydrogens is 162 g/mol. The fraction of sp³-hybridized carbons (Fsp3) is 1.00. The number of likely N-dealkylation sites (N-methyl/N-ethyl adjacent to an activating group) is 1. The molecule has 1 rings (SSSR count). The van der Waals surface area contributed by atoms with E-state index in [1.54, 1.807) is 0 Å². The second kappa shape index (κ2) is 4.43. The molecule has 1 saturated carbocycles. The zero-order valence-corrected chi connectivity index (χ0v) is 9.39. The fourth-order valence-corrected chi connectivity index (χ4v) is 1.91. The monoisotopic (exact) mass is 185 g/mol. The molecule has 1 atom stereocenters. The number of hydrogen-bond donors (Lipinski definition) is 1. The fourth-order valence-electron chi connectivity index (χ4n) is 1.91. The molecule has 1 fully saturated rings. The van der Waals surface area contributed by atoms with Gasteiger partial charge in [-0.25, -0.2) is 0 Å². The van der Waals surface area contributed by atoms with Crippen molar-refractivity contribution in [2.24, 2.45) is 5.92 Å². The second-order valence-corrected chi connectivity index (χ2v) is 4.56. The summed E-state index contributed by atoms with van der Waals surface area (Å²) in [5.41, 5.74) is -0.0217. The van der Waals surface area contributed by atoms with E-state index in [1.807, 2.05) is 7.05 Å². The summed E-state index contributed by atoms with van der Waals surface area (Å²) in [7, 11) is 2.04. The zero-order chi connectivity index (χ0) is 9.90. The van der Waals surface area contributed by atoms with Gasteiger partial charge in [-0.3, -0.25) is 0 Å². The Balaban J connectivity index is 2.41. The Labute approximate surface area is 82.0 Å². The predicted molar refractivity (Wildman–Crippen MR) is 55.9 cm³/mol. The molecule has 0 aliphatic heterocycles. The van der Waals surface area contributed by atoms with Crippen molar-refractivity contribution in [1.29, 1.82) is 0 Å². The van der Waals surface area contributed by atoms with Crippen molar-refractivity contribution in [3.8, 4) is 0 Å². The van der Waals surface area contributed by atoms with E-state index in [4.69, 9.17) is 4.74 Å². The molecule has 1 aliphatic carbocycles. The standard InChI is InChI=1S/C11H23NO/c1-5-13-11(2,3)10(12-4)8-9-6-7-9/h9-10,12H,5-8H2,1-4H3. The Morgan fingerprint density at radius 1 is 1.46 bits per heavy atom. The molecule has 2 nitrogen and oxygen atoms in total. The Morgan fingerprint density at radius 2 is 2.08 bits per heavy atom. The summed E-state index contributed by atoms with van der Waals surface area (Å²) in [4.78, 5) is 0. The molecule has 1 N–H and O–H groups in total. The van der Waals surface area contributed by atoms with Gasteiger partial charge >= 0.3 is 0 Å². The third-order valence-electron chi connectivity index (χ3n) is 2.97. The van der Waals surface area contributed by atoms with Crippen molar-refractivity contribution in [2.75, 3.05) is 13.7 Å². The minimum atomic E-state index is -0.0217. The third-order valence-corrected chi connectivity index (χ3v) is 2.97. The van der Waals surface area contributed by atoms with Gasteiger partial charge in [0.25, 0.3) is 0 Å². The van der Waals surface area contributed by atoms with Crippen LogP contribution < -0.4 is 5.32 Å². The summed E-state index contributed by atoms with van der Waals surface area (Å²) in [5.74, 6) is 0.956. The Hall–Kier alpha value is -0.0800. The van der Waals surface area contributed by atoms with Gasteiger partial charge in [0.1, 0.15) is 0 Å². The van der Waals surface area contributed by atoms with Gasteiger partial charge in [0.2, 0.25) is 0 Å². The molecule has 0 aromatic carbocycles. The van der Waals surface area contributed by atoms with Gasteiger partial charge in [-0.1, -0.05) is 12.8 Å². The number of hydrogen-bond acceptors (Lipinski definition) is 2. The van der Waals surface area contributed by atoms with Crippen LogP contribution in [0, 0.1) is 5.92 Å². The molecule has 1 unspecified atom stereocenters. The van der Waals surface area contributed by atoms with E-state index in [0.717, 1.165) is 12.5 Å². The van der Waals surface area contributed by atoms with Gasteiger partial charge in [-0.15, -0.1) is 0 Å². The van der Waals surface area contributed by atoms with E-state index in [2.05, 4.69) is 26.1 Å². The lowest BCUT2D eigenvalue weighted by atomic mass is 9.93. The van der Waals surface area contributed by atoms with Crippen LogP contribution in [0.5, 0.6) is 0 Å². The van der Waals surface area contributed by atoms with Gasteiger partial charge in [-0.2, -0.15) is 0 Å². The van der Waals surface area contributed by atoms with E-state index < -0.39 is 0 Å². The first-order valence-corrected chi connectivity index (χ1v) is 5.41. The predicted octanol–water partition coefficient (Wildman–Crippen LogP) is 2.19. The van der Waals surface area contributed by atoms with E-state index in [-0.39, 0.29) is 5.60 Å². The molecule has 0 amide bonds. The number of rotatable bonds is 6. The van der Waals surface area contributed by atoms with Crippen LogP contribution >= 0.6 is 0 Å². The Morgan fingerprint density at radius 3 is 2.46 bits per heavy atom. The number of nitrogens with one attached hydrogen (secondary N) is 1. The van der Waals surface area contributed by atoms with Gasteiger partial charge in [0.05, 0.1) is 5.60 Å². The summed E-state index contributed by atoms with van der Waals surface area (Å²) in [6.45, 7) is 7.22. The molecule has 0 spiro atoms. The molecule has 13 heavy (non-hydrogen) atoms. The van der Waals surface area contributed by atoms with Gasteiger partial charge < -0.3 is 10.1 Å². The van der Waals surface area contributed by atoms with Crippen molar-refractivity contribution < 1.29 is 4.74 Å². The smallest absolute Gasteiger partial charge is 0.0778 e. The highest BCUT2D eigenvalue weighted by atomic mass is 16.5. The maximum Gasteiger partial charge on any atom is 0.0778 e. The maximum absolute atomic E-state index is 5.75. The first-order chi connectivity index (χ1) is 6.10. The molecule has 0 saturated heterocycles. The summed E-state index contributed by atoms with van der Waals surface area (Å²) in [5, 5.41) is 3.37. The van der Waals surface area contributed by atoms with Crippen LogP contribution in [0.25, 0.3) is 0 Å². The highest BCUT2D eigenvalue weighted by Gasteiger charge is 2.34. The van der Waals surface area contributed by atoms with E-state index >= 15 is 0 Å². The summed E-state index contributed by atoms with van der Waals surface area (Å²) >= 11 is 0. The van der Waals surface area contributed by atoms with E-state index in [9.17, 15) is 0 Å². The molecule has 78 valence electrons. The van der Waals surface area contributed by atoms with Crippen LogP contribution in [-0.4, -0.2) is 25.3 Å². The van der Waals surface area contributed by atoms with Crippen molar-refractivity contribution in [2.45, 2.75) is 51.7 Å². The Kier molecular flexibility index (Phi) is 3.74. The van der Waals surface area contributed by atoms with Gasteiger partial charge in [0.15, 0.2) is 0 Å². The lowest BCUT2D eigenvalue weighted by molar-refractivity contribution is -0.0395. The van der Waals surface area contributed by atoms with E-state index in [0.29, 0.717) is 6.04 Å². The first kappa shape index (κ1) is 11.0. The van der Waals surface area contributed by atoms with Crippen LogP contribution in [0.2, 0.25) is 0 Å². The summed E-state index contributed by atoms with van der Waals surface area (Å²) < 4.78 is 5.75. The molecule has 0 radical (unpaired) electrons. The molecule has 2 heteroatoms. The number of ether oxygens (including phenoxy) is 1. The molecule has 1 aliphatic rings. The Bertz CT molecular complexity index is 152. The molecule has 0 aromatic rings. The zero-order valence-electron chi connectivity index (χ0n) is 9.39. The molecular formula is C11H23NO. The van der Waals surface area contributed by atoms with Crippen LogP contribution in [-0.2, 0) is 4.74 Å². The lowest BCUT2D eigenvalue weighted by Crippen LogP contribution is -2.47. The minimum absolute atomic E-state index is 0.0217. The topological polar surface area (TPSA) is 21.3 Å². The molecule has 0 heterocycles. The van der Waals surface area contributed by atoms with Crippen LogP contribution in [0.4, 0.5) is 0 Å². The van der Waals surface area contributed by atoms with Crippen molar-refractivity contribution in [3.05, 3.63) is 0 Å². The highest BCUT2D eigenvalue weighted by Crippen LogP contribution is 2.36. The first-order valence-electron chi connectivity index (χ1n) is 5.41. The average Bonchev–Trinajstić information content (AvgIpc) is 2.82. The minimum Gasteiger partial charge on any atom is -0.374 e.